The molecular weight excluding hydrogens is 348 g/mol. The van der Waals surface area contributed by atoms with Crippen LogP contribution >= 0.6 is 0 Å². The Bertz CT molecular complexity index is 905. The van der Waals surface area contributed by atoms with Crippen LogP contribution in [0.5, 0.6) is 0 Å². The van der Waals surface area contributed by atoms with Crippen molar-refractivity contribution >= 4 is 11.8 Å². The van der Waals surface area contributed by atoms with E-state index in [-0.39, 0.29) is 24.4 Å². The van der Waals surface area contributed by atoms with Crippen LogP contribution in [0.4, 0.5) is 0 Å². The Labute approximate surface area is 167 Å². The minimum atomic E-state index is 0.00916. The maximum absolute atomic E-state index is 12.8. The normalized spacial score (nSPS) is 18.6. The summed E-state index contributed by atoms with van der Waals surface area (Å²) in [5.41, 5.74) is 6.37. The van der Waals surface area contributed by atoms with Gasteiger partial charge in [-0.3, -0.25) is 9.59 Å². The monoisotopic (exact) mass is 376 g/mol. The molecule has 1 atom stereocenters. The lowest BCUT2D eigenvalue weighted by Crippen LogP contribution is -2.55. The molecule has 2 aromatic rings. The molecular formula is C24H28N2O2. The van der Waals surface area contributed by atoms with Crippen molar-refractivity contribution in [1.29, 1.82) is 0 Å². The summed E-state index contributed by atoms with van der Waals surface area (Å²) in [6.07, 6.45) is 3.11. The summed E-state index contributed by atoms with van der Waals surface area (Å²) in [6, 6.07) is 14.8. The molecule has 28 heavy (non-hydrogen) atoms. The minimum absolute atomic E-state index is 0.00916. The molecule has 0 radical (unpaired) electrons. The standard InChI is InChI=1S/C24H28N2O2/c1-17-10-11-19(14-18(17)2)6-5-9-23(27)25-15-22-21-8-4-3-7-20(21)12-13-26(22)24(28)16-25/h3-4,7-8,10-11,14,22H,5-6,9,12-13,15-16H2,1-2H3. The molecule has 0 N–H and O–H groups in total. The van der Waals surface area contributed by atoms with Crippen molar-refractivity contribution in [3.8, 4) is 0 Å². The Hall–Kier alpha value is -2.62. The number of carbonyl (C=O) groups is 2. The van der Waals surface area contributed by atoms with Gasteiger partial charge in [-0.1, -0.05) is 42.5 Å². The van der Waals surface area contributed by atoms with Gasteiger partial charge < -0.3 is 9.80 Å². The first-order valence-electron chi connectivity index (χ1n) is 10.2. The molecule has 4 rings (SSSR count). The summed E-state index contributed by atoms with van der Waals surface area (Å²) in [7, 11) is 0. The fourth-order valence-electron chi connectivity index (χ4n) is 4.43. The largest absolute Gasteiger partial charge is 0.332 e. The van der Waals surface area contributed by atoms with Crippen molar-refractivity contribution in [2.45, 2.75) is 45.6 Å². The van der Waals surface area contributed by atoms with E-state index in [4.69, 9.17) is 0 Å². The van der Waals surface area contributed by atoms with Gasteiger partial charge in [-0.25, -0.2) is 0 Å². The SMILES string of the molecule is Cc1ccc(CCCC(=O)N2CC(=O)N3CCc4ccccc4C3C2)cc1C. The Kier molecular flexibility index (Phi) is 5.21. The molecule has 1 saturated heterocycles. The number of rotatable bonds is 4. The van der Waals surface area contributed by atoms with Crippen LogP contribution in [0.1, 0.15) is 46.7 Å². The highest BCUT2D eigenvalue weighted by Crippen LogP contribution is 2.33. The summed E-state index contributed by atoms with van der Waals surface area (Å²) in [5.74, 6) is 0.174. The van der Waals surface area contributed by atoms with Crippen molar-refractivity contribution in [2.75, 3.05) is 19.6 Å². The lowest BCUT2D eigenvalue weighted by Gasteiger charge is -2.44. The van der Waals surface area contributed by atoms with E-state index in [1.165, 1.54) is 27.8 Å². The quantitative estimate of drug-likeness (QED) is 0.818. The van der Waals surface area contributed by atoms with Crippen molar-refractivity contribution in [1.82, 2.24) is 9.80 Å². The van der Waals surface area contributed by atoms with Crippen LogP contribution in [0.3, 0.4) is 0 Å². The topological polar surface area (TPSA) is 40.6 Å². The molecule has 1 unspecified atom stereocenters. The zero-order valence-corrected chi connectivity index (χ0v) is 16.8. The van der Waals surface area contributed by atoms with Crippen molar-refractivity contribution in [3.05, 3.63) is 70.3 Å². The first kappa shape index (κ1) is 18.7. The van der Waals surface area contributed by atoms with Gasteiger partial charge in [-0.15, -0.1) is 0 Å². The second kappa shape index (κ2) is 7.78. The second-order valence-electron chi connectivity index (χ2n) is 8.10. The summed E-state index contributed by atoms with van der Waals surface area (Å²) in [4.78, 5) is 29.2. The van der Waals surface area contributed by atoms with E-state index in [0.29, 0.717) is 13.0 Å². The molecule has 2 heterocycles. The summed E-state index contributed by atoms with van der Waals surface area (Å²) in [5, 5.41) is 0. The van der Waals surface area contributed by atoms with Crippen molar-refractivity contribution in [2.24, 2.45) is 0 Å². The summed E-state index contributed by atoms with van der Waals surface area (Å²) in [6.45, 7) is 5.83. The van der Waals surface area contributed by atoms with Crippen molar-refractivity contribution in [3.63, 3.8) is 0 Å². The number of carbonyl (C=O) groups excluding carboxylic acids is 2. The van der Waals surface area contributed by atoms with E-state index in [9.17, 15) is 9.59 Å². The molecule has 1 fully saturated rings. The first-order chi connectivity index (χ1) is 13.5. The summed E-state index contributed by atoms with van der Waals surface area (Å²) < 4.78 is 0. The number of nitrogens with zero attached hydrogens (tertiary/aromatic N) is 2. The molecule has 0 bridgehead atoms. The van der Waals surface area contributed by atoms with Crippen LogP contribution in [-0.2, 0) is 22.4 Å². The second-order valence-corrected chi connectivity index (χ2v) is 8.10. The van der Waals surface area contributed by atoms with Crippen LogP contribution in [0.25, 0.3) is 0 Å². The first-order valence-corrected chi connectivity index (χ1v) is 10.2. The zero-order chi connectivity index (χ0) is 19.7. The number of hydrogen-bond donors (Lipinski definition) is 0. The van der Waals surface area contributed by atoms with E-state index in [2.05, 4.69) is 50.2 Å². The predicted octanol–water partition coefficient (Wildman–Crippen LogP) is 3.59. The smallest absolute Gasteiger partial charge is 0.242 e. The van der Waals surface area contributed by atoms with E-state index in [1.54, 1.807) is 4.90 Å². The lowest BCUT2D eigenvalue weighted by atomic mass is 9.90. The van der Waals surface area contributed by atoms with Gasteiger partial charge in [0, 0.05) is 19.5 Å². The Morgan fingerprint density at radius 3 is 2.75 bits per heavy atom. The van der Waals surface area contributed by atoms with Gasteiger partial charge in [-0.05, 0) is 60.9 Å². The van der Waals surface area contributed by atoms with Gasteiger partial charge in [0.15, 0.2) is 0 Å². The highest BCUT2D eigenvalue weighted by molar-refractivity contribution is 5.86. The summed E-state index contributed by atoms with van der Waals surface area (Å²) >= 11 is 0. The minimum Gasteiger partial charge on any atom is -0.332 e. The van der Waals surface area contributed by atoms with E-state index in [0.717, 1.165) is 25.8 Å². The van der Waals surface area contributed by atoms with E-state index in [1.807, 2.05) is 11.0 Å². The molecule has 2 aliphatic rings. The van der Waals surface area contributed by atoms with Gasteiger partial charge in [-0.2, -0.15) is 0 Å². The van der Waals surface area contributed by atoms with Crippen molar-refractivity contribution < 1.29 is 9.59 Å². The van der Waals surface area contributed by atoms with E-state index >= 15 is 0 Å². The number of piperazine rings is 1. The third-order valence-electron chi connectivity index (χ3n) is 6.23. The van der Waals surface area contributed by atoms with Gasteiger partial charge in [0.25, 0.3) is 0 Å². The van der Waals surface area contributed by atoms with E-state index < -0.39 is 0 Å². The molecule has 146 valence electrons. The molecule has 4 nitrogen and oxygen atoms in total. The fraction of sp³-hybridized carbons (Fsp3) is 0.417. The number of aryl methyl sites for hydroxylation is 3. The average Bonchev–Trinajstić information content (AvgIpc) is 2.70. The molecule has 0 saturated carbocycles. The Morgan fingerprint density at radius 1 is 1.11 bits per heavy atom. The Morgan fingerprint density at radius 2 is 1.93 bits per heavy atom. The maximum Gasteiger partial charge on any atom is 0.242 e. The molecule has 0 aromatic heterocycles. The number of fused-ring (bicyclic) bond motifs is 3. The van der Waals surface area contributed by atoms with Crippen LogP contribution in [0, 0.1) is 13.8 Å². The fourth-order valence-corrected chi connectivity index (χ4v) is 4.43. The number of benzene rings is 2. The molecule has 2 aromatic carbocycles. The number of hydrogen-bond acceptors (Lipinski definition) is 2. The van der Waals surface area contributed by atoms with Crippen LogP contribution in [0.15, 0.2) is 42.5 Å². The average molecular weight is 377 g/mol. The molecule has 0 spiro atoms. The lowest BCUT2D eigenvalue weighted by molar-refractivity contribution is -0.149. The zero-order valence-electron chi connectivity index (χ0n) is 16.8. The van der Waals surface area contributed by atoms with Gasteiger partial charge in [0.05, 0.1) is 12.6 Å². The highest BCUT2D eigenvalue weighted by Gasteiger charge is 2.38. The molecule has 2 aliphatic heterocycles. The highest BCUT2D eigenvalue weighted by atomic mass is 16.2. The maximum atomic E-state index is 12.8. The third kappa shape index (κ3) is 3.68. The van der Waals surface area contributed by atoms with Gasteiger partial charge in [0.1, 0.15) is 0 Å². The van der Waals surface area contributed by atoms with Gasteiger partial charge in [0.2, 0.25) is 11.8 Å². The molecule has 4 heteroatoms. The predicted molar refractivity (Wildman–Crippen MR) is 110 cm³/mol. The molecule has 0 aliphatic carbocycles. The number of amides is 2. The Balaban J connectivity index is 1.39. The van der Waals surface area contributed by atoms with Gasteiger partial charge >= 0.3 is 0 Å². The molecule has 2 amide bonds. The van der Waals surface area contributed by atoms with Crippen LogP contribution in [0.2, 0.25) is 0 Å². The van der Waals surface area contributed by atoms with Crippen LogP contribution < -0.4 is 0 Å². The van der Waals surface area contributed by atoms with Crippen LogP contribution in [-0.4, -0.2) is 41.2 Å². The third-order valence-corrected chi connectivity index (χ3v) is 6.23.